The Hall–Kier alpha value is -7.95. The van der Waals surface area contributed by atoms with Crippen LogP contribution in [0.2, 0.25) is 0 Å². The number of rotatable bonds is 5. The standard InChI is InChI=1S/C55H34N4/c1-4-13-35(14-5-1)48-28-25-37-23-24-38-26-29-49(57-55(38)54(37)56-48)41-18-12-17-39(31-41)40-27-30-51-45(32-40)46-33-47-44(34-52(46)59(51)42-19-8-3-9-20-42)43-21-10-11-22-50(43)58-53(47)36-15-6-2-7-16-36/h1-34H. The average Bonchev–Trinajstić information content (AvgIpc) is 3.63. The zero-order valence-electron chi connectivity index (χ0n) is 31.9. The average molecular weight is 751 g/mol. The number of benzene rings is 8. The summed E-state index contributed by atoms with van der Waals surface area (Å²) in [6.45, 7) is 0. The summed E-state index contributed by atoms with van der Waals surface area (Å²) >= 11 is 0. The van der Waals surface area contributed by atoms with Crippen LogP contribution in [-0.4, -0.2) is 19.5 Å². The molecular formula is C55H34N4. The van der Waals surface area contributed by atoms with Gasteiger partial charge in [0.2, 0.25) is 0 Å². The van der Waals surface area contributed by atoms with E-state index < -0.39 is 0 Å². The van der Waals surface area contributed by atoms with Crippen LogP contribution in [0.5, 0.6) is 0 Å². The van der Waals surface area contributed by atoms with Crippen molar-refractivity contribution in [3.63, 3.8) is 0 Å². The highest BCUT2D eigenvalue weighted by Gasteiger charge is 2.19. The van der Waals surface area contributed by atoms with E-state index in [1.165, 1.54) is 16.2 Å². The van der Waals surface area contributed by atoms with E-state index in [2.05, 4.69) is 205 Å². The van der Waals surface area contributed by atoms with Crippen molar-refractivity contribution >= 4 is 65.3 Å². The summed E-state index contributed by atoms with van der Waals surface area (Å²) in [5, 5.41) is 8.01. The molecule has 0 N–H and O–H groups in total. The van der Waals surface area contributed by atoms with E-state index in [1.807, 2.05) is 6.07 Å². The molecule has 0 spiro atoms. The highest BCUT2D eigenvalue weighted by Crippen LogP contribution is 2.41. The molecular weight excluding hydrogens is 717 g/mol. The van der Waals surface area contributed by atoms with E-state index in [4.69, 9.17) is 15.0 Å². The second kappa shape index (κ2) is 13.3. The van der Waals surface area contributed by atoms with Crippen molar-refractivity contribution in [3.05, 3.63) is 206 Å². The van der Waals surface area contributed by atoms with Crippen molar-refractivity contribution in [2.45, 2.75) is 0 Å². The van der Waals surface area contributed by atoms with Gasteiger partial charge in [0, 0.05) is 54.7 Å². The fraction of sp³-hybridized carbons (Fsp3) is 0. The summed E-state index contributed by atoms with van der Waals surface area (Å²) < 4.78 is 2.41. The zero-order valence-corrected chi connectivity index (χ0v) is 31.9. The summed E-state index contributed by atoms with van der Waals surface area (Å²) in [7, 11) is 0. The van der Waals surface area contributed by atoms with Crippen molar-refractivity contribution < 1.29 is 0 Å². The molecule has 0 bridgehead atoms. The molecule has 59 heavy (non-hydrogen) atoms. The van der Waals surface area contributed by atoms with Crippen LogP contribution in [0, 0.1) is 0 Å². The van der Waals surface area contributed by atoms with Gasteiger partial charge in [0.1, 0.15) is 0 Å². The minimum absolute atomic E-state index is 0.905. The minimum Gasteiger partial charge on any atom is -0.309 e. The lowest BCUT2D eigenvalue weighted by Crippen LogP contribution is -1.94. The Balaban J connectivity index is 1.04. The number of para-hydroxylation sites is 2. The molecule has 0 aliphatic rings. The van der Waals surface area contributed by atoms with Crippen molar-refractivity contribution in [2.24, 2.45) is 0 Å². The molecule has 0 aliphatic carbocycles. The molecule has 0 radical (unpaired) electrons. The third kappa shape index (κ3) is 5.49. The Labute approximate surface area is 340 Å². The predicted molar refractivity (Wildman–Crippen MR) is 246 cm³/mol. The molecule has 0 aliphatic heterocycles. The van der Waals surface area contributed by atoms with E-state index in [0.717, 1.165) is 99.7 Å². The first-order valence-corrected chi connectivity index (χ1v) is 20.0. The molecule has 8 aromatic carbocycles. The topological polar surface area (TPSA) is 43.6 Å². The third-order valence-electron chi connectivity index (χ3n) is 11.7. The molecule has 12 aromatic rings. The summed E-state index contributed by atoms with van der Waals surface area (Å²) in [6.07, 6.45) is 0. The van der Waals surface area contributed by atoms with E-state index >= 15 is 0 Å². The van der Waals surface area contributed by atoms with E-state index in [0.29, 0.717) is 0 Å². The highest BCUT2D eigenvalue weighted by molar-refractivity contribution is 6.20. The second-order valence-electron chi connectivity index (χ2n) is 15.2. The van der Waals surface area contributed by atoms with Crippen LogP contribution in [0.1, 0.15) is 0 Å². The summed E-state index contributed by atoms with van der Waals surface area (Å²) in [5.74, 6) is 0. The lowest BCUT2D eigenvalue weighted by atomic mass is 9.96. The summed E-state index contributed by atoms with van der Waals surface area (Å²) in [4.78, 5) is 15.7. The predicted octanol–water partition coefficient (Wildman–Crippen LogP) is 14.2. The minimum atomic E-state index is 0.905. The van der Waals surface area contributed by atoms with Gasteiger partial charge in [-0.15, -0.1) is 0 Å². The van der Waals surface area contributed by atoms with Gasteiger partial charge in [-0.25, -0.2) is 15.0 Å². The number of hydrogen-bond acceptors (Lipinski definition) is 3. The number of pyridine rings is 3. The molecule has 0 amide bonds. The van der Waals surface area contributed by atoms with Crippen molar-refractivity contribution in [3.8, 4) is 50.6 Å². The SMILES string of the molecule is c1ccc(-c2ccc3ccc4ccc(-c5cccc(-c6ccc7c(c6)c6cc8c(-c9ccccc9)nc9ccccc9c8cc6n7-c6ccccc6)c5)nc4c3n2)cc1. The van der Waals surface area contributed by atoms with Gasteiger partial charge in [0.25, 0.3) is 0 Å². The maximum Gasteiger partial charge on any atom is 0.0972 e. The van der Waals surface area contributed by atoms with E-state index in [1.54, 1.807) is 0 Å². The number of aromatic nitrogens is 4. The van der Waals surface area contributed by atoms with Gasteiger partial charge < -0.3 is 4.57 Å². The Kier molecular flexibility index (Phi) is 7.50. The molecule has 4 heteroatoms. The van der Waals surface area contributed by atoms with Gasteiger partial charge in [-0.2, -0.15) is 0 Å². The third-order valence-corrected chi connectivity index (χ3v) is 11.7. The van der Waals surface area contributed by atoms with Crippen LogP contribution < -0.4 is 0 Å². The number of fused-ring (bicyclic) bond motifs is 9. The van der Waals surface area contributed by atoms with E-state index in [9.17, 15) is 0 Å². The Bertz CT molecular complexity index is 3590. The zero-order chi connectivity index (χ0) is 38.9. The first-order valence-electron chi connectivity index (χ1n) is 20.0. The fourth-order valence-corrected chi connectivity index (χ4v) is 8.87. The van der Waals surface area contributed by atoms with E-state index in [-0.39, 0.29) is 0 Å². The van der Waals surface area contributed by atoms with Gasteiger partial charge in [-0.3, -0.25) is 0 Å². The second-order valence-corrected chi connectivity index (χ2v) is 15.2. The van der Waals surface area contributed by atoms with Gasteiger partial charge in [-0.1, -0.05) is 146 Å². The first-order chi connectivity index (χ1) is 29.2. The Morgan fingerprint density at radius 2 is 0.881 bits per heavy atom. The Morgan fingerprint density at radius 3 is 1.63 bits per heavy atom. The van der Waals surface area contributed by atoms with Crippen molar-refractivity contribution in [1.82, 2.24) is 19.5 Å². The molecule has 274 valence electrons. The van der Waals surface area contributed by atoms with Gasteiger partial charge >= 0.3 is 0 Å². The normalized spacial score (nSPS) is 11.7. The monoisotopic (exact) mass is 750 g/mol. The first kappa shape index (κ1) is 33.2. The maximum absolute atomic E-state index is 5.28. The van der Waals surface area contributed by atoms with Gasteiger partial charge in [0.15, 0.2) is 0 Å². The fourth-order valence-electron chi connectivity index (χ4n) is 8.87. The molecule has 4 aromatic heterocycles. The maximum atomic E-state index is 5.28. The summed E-state index contributed by atoms with van der Waals surface area (Å²) in [5.41, 5.74) is 14.6. The smallest absolute Gasteiger partial charge is 0.0972 e. The molecule has 0 saturated carbocycles. The van der Waals surface area contributed by atoms with Crippen LogP contribution in [0.4, 0.5) is 0 Å². The lowest BCUT2D eigenvalue weighted by Gasteiger charge is -2.12. The number of nitrogens with zero attached hydrogens (tertiary/aromatic N) is 4. The lowest BCUT2D eigenvalue weighted by molar-refractivity contribution is 1.18. The van der Waals surface area contributed by atoms with Gasteiger partial charge in [-0.05, 0) is 77.2 Å². The van der Waals surface area contributed by atoms with Crippen LogP contribution in [0.25, 0.3) is 116 Å². The number of hydrogen-bond donors (Lipinski definition) is 0. The van der Waals surface area contributed by atoms with Crippen LogP contribution in [0.15, 0.2) is 206 Å². The molecule has 0 saturated heterocycles. The Morgan fingerprint density at radius 1 is 0.305 bits per heavy atom. The highest BCUT2D eigenvalue weighted by atomic mass is 15.0. The van der Waals surface area contributed by atoms with Crippen LogP contribution >= 0.6 is 0 Å². The van der Waals surface area contributed by atoms with Crippen molar-refractivity contribution in [1.29, 1.82) is 0 Å². The molecule has 0 fully saturated rings. The molecule has 12 rings (SSSR count). The van der Waals surface area contributed by atoms with Crippen molar-refractivity contribution in [2.75, 3.05) is 0 Å². The largest absolute Gasteiger partial charge is 0.309 e. The molecule has 0 atom stereocenters. The molecule has 4 heterocycles. The molecule has 0 unspecified atom stereocenters. The molecule has 4 nitrogen and oxygen atoms in total. The van der Waals surface area contributed by atoms with Crippen LogP contribution in [-0.2, 0) is 0 Å². The van der Waals surface area contributed by atoms with Crippen LogP contribution in [0.3, 0.4) is 0 Å². The quantitative estimate of drug-likeness (QED) is 0.165. The van der Waals surface area contributed by atoms with Gasteiger partial charge in [0.05, 0.1) is 44.7 Å². The summed E-state index contributed by atoms with van der Waals surface area (Å²) in [6, 6.07) is 73.3.